The summed E-state index contributed by atoms with van der Waals surface area (Å²) in [6.07, 6.45) is -1.06. The Labute approximate surface area is 188 Å². The number of hydrogen-bond acceptors (Lipinski definition) is 8. The molecule has 0 amide bonds. The van der Waals surface area contributed by atoms with Crippen LogP contribution in [0.15, 0.2) is 34.0 Å². The summed E-state index contributed by atoms with van der Waals surface area (Å²) in [5, 5.41) is 10.6. The van der Waals surface area contributed by atoms with Crippen molar-refractivity contribution in [3.8, 4) is 0 Å². The molecule has 0 aliphatic carbocycles. The smallest absolute Gasteiger partial charge is 0.325 e. The van der Waals surface area contributed by atoms with Crippen molar-refractivity contribution in [2.24, 2.45) is 0 Å². The number of nitrogens with one attached hydrogen (secondary N) is 1. The van der Waals surface area contributed by atoms with Crippen molar-refractivity contribution in [3.63, 3.8) is 0 Å². The fourth-order valence-corrected chi connectivity index (χ4v) is 6.39. The summed E-state index contributed by atoms with van der Waals surface area (Å²) in [6, 6.07) is 5.09. The zero-order chi connectivity index (χ0) is 23.2. The van der Waals surface area contributed by atoms with E-state index < -0.39 is 28.1 Å². The van der Waals surface area contributed by atoms with Gasteiger partial charge in [-0.1, -0.05) is 17.7 Å². The molecule has 11 heteroatoms. The van der Waals surface area contributed by atoms with Gasteiger partial charge in [0, 0.05) is 17.8 Å². The maximum atomic E-state index is 13.1. The van der Waals surface area contributed by atoms with Crippen LogP contribution < -0.4 is 5.56 Å². The van der Waals surface area contributed by atoms with Gasteiger partial charge in [-0.25, -0.2) is 13.4 Å². The lowest BCUT2D eigenvalue weighted by Gasteiger charge is -2.22. The van der Waals surface area contributed by atoms with Crippen LogP contribution in [0, 0.1) is 20.8 Å². The molecule has 1 saturated heterocycles. The number of carbonyl (C=O) groups excluding carboxylic acids is 1. The lowest BCUT2D eigenvalue weighted by molar-refractivity contribution is -0.149. The topological polar surface area (TPSA) is 130 Å². The first-order chi connectivity index (χ1) is 15.1. The second kappa shape index (κ2) is 8.39. The number of carbonyl (C=O) groups is 1. The molecule has 3 aromatic rings. The molecule has 0 unspecified atom stereocenters. The Morgan fingerprint density at radius 2 is 1.97 bits per heavy atom. The van der Waals surface area contributed by atoms with E-state index in [0.717, 1.165) is 20.3 Å². The van der Waals surface area contributed by atoms with Crippen LogP contribution in [0.25, 0.3) is 10.2 Å². The van der Waals surface area contributed by atoms with Gasteiger partial charge in [0.15, 0.2) is 0 Å². The highest BCUT2D eigenvalue weighted by atomic mass is 32.2. The van der Waals surface area contributed by atoms with Crippen molar-refractivity contribution in [1.82, 2.24) is 14.3 Å². The number of nitrogens with zero attached hydrogens (tertiary/aromatic N) is 2. The van der Waals surface area contributed by atoms with Gasteiger partial charge in [0.05, 0.1) is 16.4 Å². The van der Waals surface area contributed by atoms with E-state index in [2.05, 4.69) is 9.97 Å². The molecule has 1 aliphatic rings. The van der Waals surface area contributed by atoms with Crippen LogP contribution in [0.1, 0.15) is 28.2 Å². The Kier molecular flexibility index (Phi) is 5.93. The highest BCUT2D eigenvalue weighted by Crippen LogP contribution is 2.28. The second-order valence-corrected chi connectivity index (χ2v) is 11.0. The summed E-state index contributed by atoms with van der Waals surface area (Å²) in [7, 11) is -4.00. The normalized spacial score (nSPS) is 19.5. The van der Waals surface area contributed by atoms with Crippen molar-refractivity contribution >= 4 is 37.5 Å². The number of aromatic nitrogens is 2. The van der Waals surface area contributed by atoms with E-state index in [4.69, 9.17) is 4.74 Å². The van der Waals surface area contributed by atoms with Crippen molar-refractivity contribution in [1.29, 1.82) is 0 Å². The van der Waals surface area contributed by atoms with E-state index in [1.165, 1.54) is 23.5 Å². The summed E-state index contributed by atoms with van der Waals surface area (Å²) in [5.74, 6) is -0.637. The number of aromatic amines is 1. The summed E-state index contributed by atoms with van der Waals surface area (Å²) < 4.78 is 32.4. The number of rotatable bonds is 5. The van der Waals surface area contributed by atoms with Crippen LogP contribution in [0.5, 0.6) is 0 Å². The van der Waals surface area contributed by atoms with Gasteiger partial charge >= 0.3 is 5.97 Å². The molecule has 32 heavy (non-hydrogen) atoms. The van der Waals surface area contributed by atoms with E-state index in [9.17, 15) is 23.1 Å². The number of H-pyrrole nitrogens is 1. The van der Waals surface area contributed by atoms with Crippen molar-refractivity contribution in [2.45, 2.75) is 50.8 Å². The van der Waals surface area contributed by atoms with Crippen LogP contribution in [-0.4, -0.2) is 52.5 Å². The maximum absolute atomic E-state index is 13.1. The average molecular weight is 478 g/mol. The monoisotopic (exact) mass is 477 g/mol. The van der Waals surface area contributed by atoms with Crippen LogP contribution >= 0.6 is 11.3 Å². The first kappa shape index (κ1) is 22.6. The van der Waals surface area contributed by atoms with E-state index in [-0.39, 0.29) is 35.9 Å². The minimum absolute atomic E-state index is 0.0369. The molecular weight excluding hydrogens is 454 g/mol. The number of β-amino-alcohol motifs (C(OH)–C–C–N with tert-alkyl or cyclic N) is 1. The molecule has 1 aromatic carbocycles. The first-order valence-electron chi connectivity index (χ1n) is 10.00. The predicted molar refractivity (Wildman–Crippen MR) is 119 cm³/mol. The van der Waals surface area contributed by atoms with Crippen LogP contribution in [0.3, 0.4) is 0 Å². The Balaban J connectivity index is 1.54. The van der Waals surface area contributed by atoms with E-state index in [1.807, 2.05) is 20.8 Å². The molecule has 2 aromatic heterocycles. The van der Waals surface area contributed by atoms with Gasteiger partial charge in [-0.3, -0.25) is 9.59 Å². The fourth-order valence-electron chi connectivity index (χ4n) is 3.71. The Hall–Kier alpha value is -2.60. The minimum Gasteiger partial charge on any atom is -0.456 e. The Morgan fingerprint density at radius 1 is 1.28 bits per heavy atom. The molecule has 0 bridgehead atoms. The summed E-state index contributed by atoms with van der Waals surface area (Å²) in [4.78, 5) is 33.7. The molecule has 2 N–H and O–H groups in total. The highest BCUT2D eigenvalue weighted by Gasteiger charge is 2.44. The van der Waals surface area contributed by atoms with Gasteiger partial charge in [0.25, 0.3) is 5.56 Å². The molecule has 2 atom stereocenters. The number of thiophene rings is 1. The van der Waals surface area contributed by atoms with Crippen molar-refractivity contribution in [3.05, 3.63) is 56.4 Å². The van der Waals surface area contributed by atoms with Crippen LogP contribution in [-0.2, 0) is 26.2 Å². The van der Waals surface area contributed by atoms with Gasteiger partial charge in [-0.15, -0.1) is 11.3 Å². The molecule has 1 aliphatic heterocycles. The third kappa shape index (κ3) is 4.08. The molecule has 1 fully saturated rings. The quantitative estimate of drug-likeness (QED) is 0.536. The van der Waals surface area contributed by atoms with Gasteiger partial charge in [0.1, 0.15) is 23.3 Å². The van der Waals surface area contributed by atoms with Crippen molar-refractivity contribution < 1.29 is 23.1 Å². The summed E-state index contributed by atoms with van der Waals surface area (Å²) >= 11 is 1.38. The molecule has 4 rings (SSSR count). The molecule has 0 spiro atoms. The number of aryl methyl sites for hydroxylation is 3. The summed E-state index contributed by atoms with van der Waals surface area (Å²) in [5.41, 5.74) is 1.44. The number of benzene rings is 1. The first-order valence-corrected chi connectivity index (χ1v) is 12.3. The second-order valence-electron chi connectivity index (χ2n) is 7.88. The molecule has 170 valence electrons. The third-order valence-electron chi connectivity index (χ3n) is 5.57. The zero-order valence-electron chi connectivity index (χ0n) is 17.8. The molecular formula is C21H23N3O6S2. The lowest BCUT2D eigenvalue weighted by Crippen LogP contribution is -2.41. The number of aliphatic hydroxyl groups is 1. The average Bonchev–Trinajstić information content (AvgIpc) is 3.27. The minimum atomic E-state index is -4.00. The van der Waals surface area contributed by atoms with E-state index in [1.54, 1.807) is 12.1 Å². The zero-order valence-corrected chi connectivity index (χ0v) is 19.4. The van der Waals surface area contributed by atoms with Crippen LogP contribution in [0.4, 0.5) is 0 Å². The Bertz CT molecular complexity index is 1340. The number of ether oxygens (including phenoxy) is 1. The number of sulfonamides is 1. The van der Waals surface area contributed by atoms with Crippen molar-refractivity contribution in [2.75, 3.05) is 6.54 Å². The van der Waals surface area contributed by atoms with Gasteiger partial charge in [0.2, 0.25) is 10.0 Å². The van der Waals surface area contributed by atoms with Gasteiger partial charge in [-0.2, -0.15) is 4.31 Å². The van der Waals surface area contributed by atoms with E-state index in [0.29, 0.717) is 10.2 Å². The Morgan fingerprint density at radius 3 is 2.66 bits per heavy atom. The fraction of sp³-hybridized carbons (Fsp3) is 0.381. The molecule has 9 nitrogen and oxygen atoms in total. The summed E-state index contributed by atoms with van der Waals surface area (Å²) in [6.45, 7) is 5.06. The number of esters is 1. The van der Waals surface area contributed by atoms with Gasteiger partial charge < -0.3 is 14.8 Å². The number of fused-ring (bicyclic) bond motifs is 1. The molecule has 3 heterocycles. The maximum Gasteiger partial charge on any atom is 0.325 e. The number of hydrogen-bond donors (Lipinski definition) is 2. The SMILES string of the molecule is Cc1ccc(S(=O)(=O)N2C[C@H](O)C[C@H]2C(=O)OCc2nc3sc(C)c(C)c3c(=O)[nH]2)cc1. The third-order valence-corrected chi connectivity index (χ3v) is 8.56. The van der Waals surface area contributed by atoms with E-state index >= 15 is 0 Å². The predicted octanol–water partition coefficient (Wildman–Crippen LogP) is 1.78. The number of aliphatic hydroxyl groups excluding tert-OH is 1. The lowest BCUT2D eigenvalue weighted by atomic mass is 10.2. The molecule has 0 radical (unpaired) electrons. The largest absolute Gasteiger partial charge is 0.456 e. The molecule has 0 saturated carbocycles. The van der Waals surface area contributed by atoms with Gasteiger partial charge in [-0.05, 0) is 38.5 Å². The standard InChI is InChI=1S/C21H23N3O6S2/c1-11-4-6-15(7-5-11)32(28,29)24-9-14(25)8-16(24)21(27)30-10-17-22-19(26)18-12(2)13(3)31-20(18)23-17/h4-7,14,16,25H,8-10H2,1-3H3,(H,22,23,26)/t14-,16+/m1/s1. The highest BCUT2D eigenvalue weighted by molar-refractivity contribution is 7.89. The van der Waals surface area contributed by atoms with Crippen LogP contribution in [0.2, 0.25) is 0 Å².